The molecule has 2 aliphatic rings. The topological polar surface area (TPSA) is 165 Å². The van der Waals surface area contributed by atoms with E-state index in [-0.39, 0.29) is 41.6 Å². The molecule has 0 saturated heterocycles. The number of rotatable bonds is 13. The first-order valence-corrected chi connectivity index (χ1v) is 23.3. The molecule has 3 aromatic heterocycles. The second-order valence-electron chi connectivity index (χ2n) is 18.1. The first-order chi connectivity index (χ1) is 29.9. The van der Waals surface area contributed by atoms with E-state index in [9.17, 15) is 19.2 Å². The molecule has 2 saturated carbocycles. The fourth-order valence-corrected chi connectivity index (χ4v) is 10.7. The molecule has 3 heterocycles. The number of H-pyrrole nitrogens is 2. The standard InChI is InChI=1S/C48H60N8O5S/c1-27(2)41(49-29(5)57)46(58)55(33-13-9-7-10-14-33)26-40-51-37-22-19-32-24-38(62-45(32)44(37)53-40)31-17-20-35-30(23-31)18-21-36-43(35)52-39(50-36)25-56(34-15-11-8-12-16-34)47(59)42(28(3)4)54-48(60)61-6/h17-24,27-28,33-34,41-42H,7-16,25-26H2,1-6H3,(H,49,57)(H,50,52)(H,51,53)(H,54,60)/t41-,42-/m0/s1. The summed E-state index contributed by atoms with van der Waals surface area (Å²) in [5.41, 5.74) is 4.67. The van der Waals surface area contributed by atoms with Gasteiger partial charge in [-0.15, -0.1) is 11.3 Å². The number of hydrogen-bond acceptors (Lipinski definition) is 8. The van der Waals surface area contributed by atoms with Crippen LogP contribution in [0, 0.1) is 11.8 Å². The van der Waals surface area contributed by atoms with Gasteiger partial charge in [-0.2, -0.15) is 0 Å². The molecular formula is C48H60N8O5S. The van der Waals surface area contributed by atoms with Gasteiger partial charge in [0, 0.05) is 29.3 Å². The highest BCUT2D eigenvalue weighted by molar-refractivity contribution is 7.23. The van der Waals surface area contributed by atoms with E-state index >= 15 is 0 Å². The third-order valence-corrected chi connectivity index (χ3v) is 14.1. The van der Waals surface area contributed by atoms with Gasteiger partial charge in [0.15, 0.2) is 0 Å². The number of aromatic amines is 2. The van der Waals surface area contributed by atoms with E-state index in [1.807, 2.05) is 37.5 Å². The second kappa shape index (κ2) is 18.5. The monoisotopic (exact) mass is 860 g/mol. The Hall–Kier alpha value is -5.50. The molecule has 0 spiro atoms. The third-order valence-electron chi connectivity index (χ3n) is 12.9. The number of thiophene rings is 1. The summed E-state index contributed by atoms with van der Waals surface area (Å²) in [5.74, 6) is 0.914. The van der Waals surface area contributed by atoms with Crippen molar-refractivity contribution in [3.63, 3.8) is 0 Å². The number of methoxy groups -OCH3 is 1. The van der Waals surface area contributed by atoms with Crippen LogP contribution in [0.5, 0.6) is 0 Å². The Morgan fingerprint density at radius 2 is 1.24 bits per heavy atom. The summed E-state index contributed by atoms with van der Waals surface area (Å²) in [6.07, 6.45) is 9.76. The van der Waals surface area contributed by atoms with Crippen LogP contribution in [0.25, 0.3) is 53.4 Å². The van der Waals surface area contributed by atoms with Crippen LogP contribution in [0.3, 0.4) is 0 Å². The van der Waals surface area contributed by atoms with Gasteiger partial charge in [0.2, 0.25) is 17.7 Å². The zero-order chi connectivity index (χ0) is 43.7. The Morgan fingerprint density at radius 1 is 0.710 bits per heavy atom. The minimum absolute atomic E-state index is 0.0451. The minimum atomic E-state index is -0.708. The van der Waals surface area contributed by atoms with Crippen LogP contribution in [0.15, 0.2) is 48.5 Å². The average Bonchev–Trinajstić information content (AvgIpc) is 4.02. The highest BCUT2D eigenvalue weighted by Crippen LogP contribution is 2.39. The van der Waals surface area contributed by atoms with Crippen LogP contribution in [-0.4, -0.2) is 84.8 Å². The predicted octanol–water partition coefficient (Wildman–Crippen LogP) is 9.34. The SMILES string of the molecule is COC(=O)N[C@H](C(=O)N(Cc1nc2c(ccc3cc(-c4cc5ccc6[nH]c(CN(C(=O)[C@@H](NC(C)=O)C(C)C)C7CCCCC7)nc6c5s4)ccc32)[nH]1)C1CCCCC1)C(C)C. The van der Waals surface area contributed by atoms with Gasteiger partial charge in [-0.25, -0.2) is 14.8 Å². The molecule has 2 fully saturated rings. The molecule has 6 aromatic rings. The number of hydrogen-bond donors (Lipinski definition) is 4. The third kappa shape index (κ3) is 9.02. The number of amides is 4. The van der Waals surface area contributed by atoms with Gasteiger partial charge < -0.3 is 35.1 Å². The lowest BCUT2D eigenvalue weighted by atomic mass is 9.92. The molecule has 14 heteroatoms. The first-order valence-electron chi connectivity index (χ1n) is 22.4. The fourth-order valence-electron chi connectivity index (χ4n) is 9.59. The average molecular weight is 861 g/mol. The van der Waals surface area contributed by atoms with Crippen LogP contribution in [0.4, 0.5) is 4.79 Å². The molecule has 4 amide bonds. The van der Waals surface area contributed by atoms with Crippen molar-refractivity contribution in [2.24, 2.45) is 11.8 Å². The summed E-state index contributed by atoms with van der Waals surface area (Å²) < 4.78 is 5.95. The summed E-state index contributed by atoms with van der Waals surface area (Å²) in [6.45, 7) is 9.96. The van der Waals surface area contributed by atoms with E-state index in [1.54, 1.807) is 11.3 Å². The lowest BCUT2D eigenvalue weighted by Gasteiger charge is -2.37. The quantitative estimate of drug-likeness (QED) is 0.0899. The first kappa shape index (κ1) is 43.2. The zero-order valence-corrected chi connectivity index (χ0v) is 37.6. The molecule has 4 N–H and O–H groups in total. The van der Waals surface area contributed by atoms with Crippen LogP contribution in [-0.2, 0) is 32.2 Å². The van der Waals surface area contributed by atoms with E-state index in [0.29, 0.717) is 18.9 Å². The lowest BCUT2D eigenvalue weighted by Crippen LogP contribution is -2.54. The molecule has 62 heavy (non-hydrogen) atoms. The number of carbonyl (C=O) groups is 4. The van der Waals surface area contributed by atoms with Gasteiger partial charge in [-0.3, -0.25) is 14.4 Å². The van der Waals surface area contributed by atoms with Gasteiger partial charge in [0.05, 0.1) is 41.4 Å². The maximum atomic E-state index is 14.2. The van der Waals surface area contributed by atoms with Gasteiger partial charge in [0.25, 0.3) is 0 Å². The van der Waals surface area contributed by atoms with Crippen molar-refractivity contribution in [3.05, 3.63) is 60.2 Å². The smallest absolute Gasteiger partial charge is 0.407 e. The fraction of sp³-hybridized carbons (Fsp3) is 0.500. The maximum absolute atomic E-state index is 14.2. The highest BCUT2D eigenvalue weighted by Gasteiger charge is 2.35. The number of ether oxygens (including phenoxy) is 1. The number of imidazole rings is 2. The number of nitrogens with one attached hydrogen (secondary N) is 4. The lowest BCUT2D eigenvalue weighted by molar-refractivity contribution is -0.140. The molecule has 13 nitrogen and oxygen atoms in total. The van der Waals surface area contributed by atoms with Crippen molar-refractivity contribution in [3.8, 4) is 10.4 Å². The van der Waals surface area contributed by atoms with Crippen LogP contribution in [0.2, 0.25) is 0 Å². The predicted molar refractivity (Wildman–Crippen MR) is 246 cm³/mol. The number of aromatic nitrogens is 4. The molecular weight excluding hydrogens is 801 g/mol. The highest BCUT2D eigenvalue weighted by atomic mass is 32.1. The van der Waals surface area contributed by atoms with E-state index in [1.165, 1.54) is 20.5 Å². The van der Waals surface area contributed by atoms with Crippen LogP contribution >= 0.6 is 11.3 Å². The Bertz CT molecular complexity index is 2600. The summed E-state index contributed by atoms with van der Waals surface area (Å²) in [6, 6.07) is 15.9. The van der Waals surface area contributed by atoms with E-state index in [0.717, 1.165) is 117 Å². The number of carbonyl (C=O) groups excluding carboxylic acids is 4. The molecule has 0 unspecified atom stereocenters. The van der Waals surface area contributed by atoms with Gasteiger partial charge >= 0.3 is 6.09 Å². The number of benzene rings is 3. The zero-order valence-electron chi connectivity index (χ0n) is 36.8. The normalized spacial score (nSPS) is 16.3. The maximum Gasteiger partial charge on any atom is 0.407 e. The van der Waals surface area contributed by atoms with Crippen LogP contribution < -0.4 is 10.6 Å². The van der Waals surface area contributed by atoms with Gasteiger partial charge in [0.1, 0.15) is 29.2 Å². The molecule has 3 aromatic carbocycles. The van der Waals surface area contributed by atoms with Crippen molar-refractivity contribution in [1.82, 2.24) is 40.4 Å². The number of fused-ring (bicyclic) bond motifs is 6. The summed E-state index contributed by atoms with van der Waals surface area (Å²) in [5, 5.41) is 8.88. The molecule has 0 radical (unpaired) electrons. The summed E-state index contributed by atoms with van der Waals surface area (Å²) in [7, 11) is 1.31. The Morgan fingerprint density at radius 3 is 1.79 bits per heavy atom. The molecule has 328 valence electrons. The molecule has 2 atom stereocenters. The van der Waals surface area contributed by atoms with Gasteiger partial charge in [-0.1, -0.05) is 90.5 Å². The van der Waals surface area contributed by atoms with Crippen molar-refractivity contribution in [1.29, 1.82) is 0 Å². The van der Waals surface area contributed by atoms with Gasteiger partial charge in [-0.05, 0) is 78.1 Å². The molecule has 0 bridgehead atoms. The van der Waals surface area contributed by atoms with E-state index < -0.39 is 18.2 Å². The minimum Gasteiger partial charge on any atom is -0.453 e. The molecule has 8 rings (SSSR count). The molecule has 0 aliphatic heterocycles. The summed E-state index contributed by atoms with van der Waals surface area (Å²) in [4.78, 5) is 74.9. The Labute approximate surface area is 366 Å². The number of nitrogens with zero attached hydrogens (tertiary/aromatic N) is 4. The van der Waals surface area contributed by atoms with Crippen molar-refractivity contribution >= 4 is 78.1 Å². The Kier molecular flexibility index (Phi) is 12.9. The second-order valence-corrected chi connectivity index (χ2v) is 19.1. The number of alkyl carbamates (subject to hydrolysis) is 1. The molecule has 2 aliphatic carbocycles. The van der Waals surface area contributed by atoms with Crippen molar-refractivity contribution < 1.29 is 23.9 Å². The largest absolute Gasteiger partial charge is 0.453 e. The van der Waals surface area contributed by atoms with Crippen molar-refractivity contribution in [2.45, 2.75) is 136 Å². The van der Waals surface area contributed by atoms with E-state index in [2.05, 4.69) is 69.1 Å². The van der Waals surface area contributed by atoms with E-state index in [4.69, 9.17) is 14.7 Å². The van der Waals surface area contributed by atoms with Crippen molar-refractivity contribution in [2.75, 3.05) is 7.11 Å². The Balaban J connectivity index is 1.06. The van der Waals surface area contributed by atoms with Crippen LogP contribution in [0.1, 0.15) is 110 Å². The summed E-state index contributed by atoms with van der Waals surface area (Å²) >= 11 is 1.71.